The Balaban J connectivity index is 2.21. The van der Waals surface area contributed by atoms with Crippen molar-refractivity contribution in [3.8, 4) is 21.9 Å². The third-order valence-electron chi connectivity index (χ3n) is 3.18. The van der Waals surface area contributed by atoms with Crippen molar-refractivity contribution in [2.45, 2.75) is 12.7 Å². The highest BCUT2D eigenvalue weighted by Crippen LogP contribution is 2.46. The molecule has 4 nitrogen and oxygen atoms in total. The van der Waals surface area contributed by atoms with Gasteiger partial charge in [-0.2, -0.15) is 10.5 Å². The molecule has 1 saturated heterocycles. The summed E-state index contributed by atoms with van der Waals surface area (Å²) in [5.74, 6) is -0.936. The molecule has 2 aromatic rings. The Kier molecular flexibility index (Phi) is 3.87. The van der Waals surface area contributed by atoms with Gasteiger partial charge >= 0.3 is 0 Å². The van der Waals surface area contributed by atoms with Crippen LogP contribution in [0.25, 0.3) is 9.75 Å². The zero-order chi connectivity index (χ0) is 15.0. The molecule has 0 N–H and O–H groups in total. The lowest BCUT2D eigenvalue weighted by atomic mass is 10.1. The van der Waals surface area contributed by atoms with E-state index in [4.69, 9.17) is 9.47 Å². The van der Waals surface area contributed by atoms with Crippen molar-refractivity contribution >= 4 is 38.6 Å². The van der Waals surface area contributed by atoms with Crippen molar-refractivity contribution in [3.63, 3.8) is 0 Å². The van der Waals surface area contributed by atoms with Crippen molar-refractivity contribution in [1.29, 1.82) is 10.5 Å². The number of halogens is 1. The SMILES string of the molecule is CC1(c2sc(-c3ccc(Br)s3)c(C#N)c2C#N)OCCO1. The van der Waals surface area contributed by atoms with E-state index >= 15 is 0 Å². The number of thiophene rings is 2. The highest BCUT2D eigenvalue weighted by atomic mass is 79.9. The molecule has 0 aliphatic carbocycles. The van der Waals surface area contributed by atoms with Crippen LogP contribution in [-0.2, 0) is 15.3 Å². The van der Waals surface area contributed by atoms with E-state index in [0.717, 1.165) is 13.5 Å². The van der Waals surface area contributed by atoms with Crippen LogP contribution in [0.2, 0.25) is 0 Å². The number of hydrogen-bond acceptors (Lipinski definition) is 6. The lowest BCUT2D eigenvalue weighted by molar-refractivity contribution is -0.147. The van der Waals surface area contributed by atoms with Crippen molar-refractivity contribution in [2.24, 2.45) is 0 Å². The summed E-state index contributed by atoms with van der Waals surface area (Å²) in [6, 6.07) is 8.15. The normalized spacial score (nSPS) is 16.6. The van der Waals surface area contributed by atoms with Crippen LogP contribution in [-0.4, -0.2) is 13.2 Å². The van der Waals surface area contributed by atoms with Gasteiger partial charge in [0, 0.05) is 4.88 Å². The molecule has 0 bridgehead atoms. The second kappa shape index (κ2) is 5.53. The largest absolute Gasteiger partial charge is 0.343 e. The smallest absolute Gasteiger partial charge is 0.202 e. The van der Waals surface area contributed by atoms with Crippen molar-refractivity contribution in [2.75, 3.05) is 13.2 Å². The third-order valence-corrected chi connectivity index (χ3v) is 6.36. The summed E-state index contributed by atoms with van der Waals surface area (Å²) < 4.78 is 12.3. The van der Waals surface area contributed by atoms with E-state index in [1.54, 1.807) is 6.92 Å². The van der Waals surface area contributed by atoms with Crippen molar-refractivity contribution in [3.05, 3.63) is 31.9 Å². The second-order valence-corrected chi connectivity index (χ2v) is 7.96. The van der Waals surface area contributed by atoms with Gasteiger partial charge in [0.05, 0.1) is 37.9 Å². The predicted octanol–water partition coefficient (Wildman–Crippen LogP) is 4.20. The Labute approximate surface area is 138 Å². The Bertz CT molecular complexity index is 776. The average molecular weight is 381 g/mol. The molecule has 0 unspecified atom stereocenters. The van der Waals surface area contributed by atoms with E-state index in [1.165, 1.54) is 22.7 Å². The molecule has 1 aliphatic rings. The standard InChI is InChI=1S/C14H9BrN2O2S2/c1-14(18-4-5-19-14)13-9(7-17)8(6-16)12(21-13)10-2-3-11(15)20-10/h2-3H,4-5H2,1H3. The Morgan fingerprint density at radius 1 is 1.14 bits per heavy atom. The number of ether oxygens (including phenoxy) is 2. The molecule has 106 valence electrons. The molecule has 7 heteroatoms. The molecule has 0 saturated carbocycles. The Morgan fingerprint density at radius 2 is 1.81 bits per heavy atom. The summed E-state index contributed by atoms with van der Waals surface area (Å²) in [7, 11) is 0. The minimum absolute atomic E-state index is 0.353. The minimum Gasteiger partial charge on any atom is -0.343 e. The first-order valence-electron chi connectivity index (χ1n) is 6.10. The molecule has 0 radical (unpaired) electrons. The second-order valence-electron chi connectivity index (χ2n) is 4.48. The maximum absolute atomic E-state index is 9.46. The topological polar surface area (TPSA) is 66.0 Å². The number of nitrogens with zero attached hydrogens (tertiary/aromatic N) is 2. The fourth-order valence-electron chi connectivity index (χ4n) is 2.22. The first-order chi connectivity index (χ1) is 10.1. The lowest BCUT2D eigenvalue weighted by Gasteiger charge is -2.20. The van der Waals surface area contributed by atoms with Gasteiger partial charge < -0.3 is 9.47 Å². The maximum Gasteiger partial charge on any atom is 0.202 e. The molecule has 0 spiro atoms. The fraction of sp³-hybridized carbons (Fsp3) is 0.286. The minimum atomic E-state index is -0.936. The van der Waals surface area contributed by atoms with Crippen LogP contribution in [0.3, 0.4) is 0 Å². The summed E-state index contributed by atoms with van der Waals surface area (Å²) >= 11 is 6.34. The van der Waals surface area contributed by atoms with Gasteiger partial charge in [0.15, 0.2) is 0 Å². The van der Waals surface area contributed by atoms with Gasteiger partial charge in [-0.15, -0.1) is 22.7 Å². The van der Waals surface area contributed by atoms with Crippen LogP contribution in [0.15, 0.2) is 15.9 Å². The van der Waals surface area contributed by atoms with Gasteiger partial charge in [-0.1, -0.05) is 0 Å². The molecule has 1 aliphatic heterocycles. The van der Waals surface area contributed by atoms with E-state index in [9.17, 15) is 10.5 Å². The molecule has 0 atom stereocenters. The average Bonchev–Trinajstić information content (AvgIpc) is 3.16. The van der Waals surface area contributed by atoms with E-state index in [2.05, 4.69) is 28.1 Å². The van der Waals surface area contributed by atoms with Gasteiger partial charge in [-0.3, -0.25) is 0 Å². The zero-order valence-electron chi connectivity index (χ0n) is 11.0. The van der Waals surface area contributed by atoms with Crippen LogP contribution in [0.5, 0.6) is 0 Å². The van der Waals surface area contributed by atoms with Crippen LogP contribution in [0.4, 0.5) is 0 Å². The van der Waals surface area contributed by atoms with E-state index in [-0.39, 0.29) is 0 Å². The van der Waals surface area contributed by atoms with Crippen molar-refractivity contribution < 1.29 is 9.47 Å². The highest BCUT2D eigenvalue weighted by molar-refractivity contribution is 9.11. The molecule has 1 fully saturated rings. The van der Waals surface area contributed by atoms with E-state index in [0.29, 0.717) is 29.2 Å². The lowest BCUT2D eigenvalue weighted by Crippen LogP contribution is -2.22. The van der Waals surface area contributed by atoms with Crippen molar-refractivity contribution in [1.82, 2.24) is 0 Å². The monoisotopic (exact) mass is 380 g/mol. The Morgan fingerprint density at radius 3 is 2.33 bits per heavy atom. The van der Waals surface area contributed by atoms with Crippen LogP contribution in [0, 0.1) is 22.7 Å². The summed E-state index contributed by atoms with van der Waals surface area (Å²) in [4.78, 5) is 2.41. The number of hydrogen-bond donors (Lipinski definition) is 0. The van der Waals surface area contributed by atoms with Crippen LogP contribution in [0.1, 0.15) is 22.9 Å². The summed E-state index contributed by atoms with van der Waals surface area (Å²) in [5, 5.41) is 18.9. The first-order valence-corrected chi connectivity index (χ1v) is 8.52. The molecular formula is C14H9BrN2O2S2. The summed E-state index contributed by atoms with van der Waals surface area (Å²) in [6.07, 6.45) is 0. The molecule has 3 heterocycles. The maximum atomic E-state index is 9.46. The number of nitriles is 2. The van der Waals surface area contributed by atoms with Crippen LogP contribution >= 0.6 is 38.6 Å². The Hall–Kier alpha value is -1.22. The highest BCUT2D eigenvalue weighted by Gasteiger charge is 2.39. The van der Waals surface area contributed by atoms with Gasteiger partial charge in [0.25, 0.3) is 0 Å². The molecule has 3 rings (SSSR count). The molecule has 21 heavy (non-hydrogen) atoms. The zero-order valence-corrected chi connectivity index (χ0v) is 14.2. The van der Waals surface area contributed by atoms with E-state index < -0.39 is 5.79 Å². The molecule has 2 aromatic heterocycles. The first kappa shape index (κ1) is 14.7. The molecule has 0 amide bonds. The molecule has 0 aromatic carbocycles. The number of rotatable bonds is 2. The van der Waals surface area contributed by atoms with Gasteiger partial charge in [-0.05, 0) is 35.0 Å². The fourth-order valence-corrected chi connectivity index (χ4v) is 4.98. The van der Waals surface area contributed by atoms with Gasteiger partial charge in [0.1, 0.15) is 12.1 Å². The van der Waals surface area contributed by atoms with Gasteiger partial charge in [0.2, 0.25) is 5.79 Å². The quantitative estimate of drug-likeness (QED) is 0.782. The van der Waals surface area contributed by atoms with E-state index in [1.807, 2.05) is 12.1 Å². The molecular weight excluding hydrogens is 372 g/mol. The predicted molar refractivity (Wildman–Crippen MR) is 84.0 cm³/mol. The van der Waals surface area contributed by atoms with Crippen LogP contribution < -0.4 is 0 Å². The summed E-state index contributed by atoms with van der Waals surface area (Å²) in [6.45, 7) is 2.77. The third kappa shape index (κ3) is 2.42. The summed E-state index contributed by atoms with van der Waals surface area (Å²) in [5.41, 5.74) is 0.749. The van der Waals surface area contributed by atoms with Gasteiger partial charge in [-0.25, -0.2) is 0 Å².